The molecular formula is C23H25N3O3S. The van der Waals surface area contributed by atoms with Crippen LogP contribution in [0.5, 0.6) is 0 Å². The largest absolute Gasteiger partial charge is 0.348 e. The zero-order valence-electron chi connectivity index (χ0n) is 17.5. The lowest BCUT2D eigenvalue weighted by Gasteiger charge is -2.18. The SMILES string of the molecule is Cc1cc(C)c(C)c(S(=O)(=O)Nc2ccccc2C(=O)NCc2ccncc2)c1C. The number of anilines is 1. The molecule has 0 aliphatic carbocycles. The molecule has 3 aromatic rings. The number of para-hydroxylation sites is 1. The van der Waals surface area contributed by atoms with E-state index in [1.54, 1.807) is 62.6 Å². The molecule has 1 heterocycles. The van der Waals surface area contributed by atoms with E-state index in [0.717, 1.165) is 16.7 Å². The average molecular weight is 424 g/mol. The summed E-state index contributed by atoms with van der Waals surface area (Å²) in [5.74, 6) is -0.362. The van der Waals surface area contributed by atoms with Crippen LogP contribution in [0, 0.1) is 27.7 Å². The van der Waals surface area contributed by atoms with Crippen molar-refractivity contribution in [2.75, 3.05) is 4.72 Å². The summed E-state index contributed by atoms with van der Waals surface area (Å²) < 4.78 is 29.1. The van der Waals surface area contributed by atoms with Gasteiger partial charge in [-0.25, -0.2) is 8.42 Å². The summed E-state index contributed by atoms with van der Waals surface area (Å²) in [6, 6.07) is 12.2. The summed E-state index contributed by atoms with van der Waals surface area (Å²) in [7, 11) is -3.88. The van der Waals surface area contributed by atoms with E-state index in [-0.39, 0.29) is 22.1 Å². The van der Waals surface area contributed by atoms with E-state index in [4.69, 9.17) is 0 Å². The summed E-state index contributed by atoms with van der Waals surface area (Å²) in [6.07, 6.45) is 3.30. The van der Waals surface area contributed by atoms with E-state index in [2.05, 4.69) is 15.0 Å². The van der Waals surface area contributed by atoms with Gasteiger partial charge in [0.2, 0.25) is 0 Å². The van der Waals surface area contributed by atoms with Gasteiger partial charge in [0, 0.05) is 18.9 Å². The van der Waals surface area contributed by atoms with Crippen LogP contribution in [0.1, 0.15) is 38.2 Å². The number of hydrogen-bond acceptors (Lipinski definition) is 4. The van der Waals surface area contributed by atoms with E-state index in [9.17, 15) is 13.2 Å². The molecule has 0 aliphatic rings. The fourth-order valence-corrected chi connectivity index (χ4v) is 5.03. The van der Waals surface area contributed by atoms with E-state index < -0.39 is 10.0 Å². The van der Waals surface area contributed by atoms with Crippen molar-refractivity contribution in [3.8, 4) is 0 Å². The van der Waals surface area contributed by atoms with Crippen LogP contribution in [-0.4, -0.2) is 19.3 Å². The third-order valence-electron chi connectivity index (χ3n) is 5.18. The Kier molecular flexibility index (Phi) is 6.22. The first kappa shape index (κ1) is 21.5. The number of carbonyl (C=O) groups excluding carboxylic acids is 1. The van der Waals surface area contributed by atoms with Crippen molar-refractivity contribution in [3.05, 3.63) is 88.2 Å². The number of sulfonamides is 1. The zero-order valence-corrected chi connectivity index (χ0v) is 18.3. The van der Waals surface area contributed by atoms with Crippen molar-refractivity contribution in [3.63, 3.8) is 0 Å². The minimum absolute atomic E-state index is 0.239. The molecule has 2 aromatic carbocycles. The van der Waals surface area contributed by atoms with Crippen LogP contribution in [0.3, 0.4) is 0 Å². The van der Waals surface area contributed by atoms with Gasteiger partial charge < -0.3 is 5.32 Å². The number of carbonyl (C=O) groups is 1. The normalized spacial score (nSPS) is 11.2. The van der Waals surface area contributed by atoms with Crippen LogP contribution in [0.15, 0.2) is 59.8 Å². The number of pyridine rings is 1. The smallest absolute Gasteiger partial charge is 0.262 e. The third kappa shape index (κ3) is 4.52. The first-order chi connectivity index (χ1) is 14.2. The number of amides is 1. The zero-order chi connectivity index (χ0) is 21.9. The summed E-state index contributed by atoms with van der Waals surface area (Å²) in [6.45, 7) is 7.69. The molecule has 6 nitrogen and oxygen atoms in total. The number of aryl methyl sites for hydroxylation is 2. The number of rotatable bonds is 6. The average Bonchev–Trinajstić information content (AvgIpc) is 2.71. The van der Waals surface area contributed by atoms with Crippen molar-refractivity contribution in [2.45, 2.75) is 39.1 Å². The number of nitrogens with zero attached hydrogens (tertiary/aromatic N) is 1. The van der Waals surface area contributed by atoms with E-state index in [1.807, 2.05) is 19.9 Å². The Balaban J connectivity index is 1.90. The molecule has 156 valence electrons. The summed E-state index contributed by atoms with van der Waals surface area (Å²) in [4.78, 5) is 16.9. The molecule has 0 saturated heterocycles. The maximum absolute atomic E-state index is 13.3. The minimum atomic E-state index is -3.88. The topological polar surface area (TPSA) is 88.2 Å². The number of aromatic nitrogens is 1. The molecular weight excluding hydrogens is 398 g/mol. The monoisotopic (exact) mass is 423 g/mol. The second kappa shape index (κ2) is 8.67. The van der Waals surface area contributed by atoms with Crippen LogP contribution in [0.4, 0.5) is 5.69 Å². The summed E-state index contributed by atoms with van der Waals surface area (Å²) in [5, 5.41) is 2.82. The van der Waals surface area contributed by atoms with Gasteiger partial charge in [-0.3, -0.25) is 14.5 Å². The number of benzene rings is 2. The fourth-order valence-electron chi connectivity index (χ4n) is 3.33. The molecule has 0 atom stereocenters. The summed E-state index contributed by atoms with van der Waals surface area (Å²) >= 11 is 0. The highest BCUT2D eigenvalue weighted by Crippen LogP contribution is 2.28. The predicted octanol–water partition coefficient (Wildman–Crippen LogP) is 4.05. The quantitative estimate of drug-likeness (QED) is 0.626. The van der Waals surface area contributed by atoms with Gasteiger partial charge in [-0.2, -0.15) is 0 Å². The molecule has 3 rings (SSSR count). The maximum atomic E-state index is 13.3. The molecule has 0 bridgehead atoms. The molecule has 1 amide bonds. The Labute approximate surface area is 177 Å². The minimum Gasteiger partial charge on any atom is -0.348 e. The molecule has 2 N–H and O–H groups in total. The third-order valence-corrected chi connectivity index (χ3v) is 6.82. The second-order valence-corrected chi connectivity index (χ2v) is 8.90. The number of hydrogen-bond donors (Lipinski definition) is 2. The van der Waals surface area contributed by atoms with Crippen LogP contribution in [-0.2, 0) is 16.6 Å². The van der Waals surface area contributed by atoms with Gasteiger partial charge in [-0.1, -0.05) is 18.2 Å². The van der Waals surface area contributed by atoms with Crippen molar-refractivity contribution in [1.82, 2.24) is 10.3 Å². The van der Waals surface area contributed by atoms with E-state index in [0.29, 0.717) is 17.7 Å². The maximum Gasteiger partial charge on any atom is 0.262 e. The van der Waals surface area contributed by atoms with Gasteiger partial charge in [-0.15, -0.1) is 0 Å². The van der Waals surface area contributed by atoms with Gasteiger partial charge >= 0.3 is 0 Å². The van der Waals surface area contributed by atoms with Crippen molar-refractivity contribution < 1.29 is 13.2 Å². The van der Waals surface area contributed by atoms with Gasteiger partial charge in [0.15, 0.2) is 0 Å². The Hall–Kier alpha value is -3.19. The lowest BCUT2D eigenvalue weighted by Crippen LogP contribution is -2.25. The molecule has 0 unspecified atom stereocenters. The van der Waals surface area contributed by atoms with Crippen LogP contribution in [0.25, 0.3) is 0 Å². The van der Waals surface area contributed by atoms with Gasteiger partial charge in [-0.05, 0) is 79.8 Å². The van der Waals surface area contributed by atoms with Crippen molar-refractivity contribution in [1.29, 1.82) is 0 Å². The Morgan fingerprint density at radius 1 is 0.933 bits per heavy atom. The highest BCUT2D eigenvalue weighted by Gasteiger charge is 2.24. The fraction of sp³-hybridized carbons (Fsp3) is 0.217. The molecule has 0 spiro atoms. The van der Waals surface area contributed by atoms with Gasteiger partial charge in [0.05, 0.1) is 16.1 Å². The number of nitrogens with one attached hydrogen (secondary N) is 2. The summed E-state index contributed by atoms with van der Waals surface area (Å²) in [5.41, 5.74) is 4.61. The standard InChI is InChI=1S/C23H25N3O3S/c1-15-13-16(2)18(4)22(17(15)3)30(28,29)26-21-8-6-5-7-20(21)23(27)25-14-19-9-11-24-12-10-19/h5-13,26H,14H2,1-4H3,(H,25,27). The van der Waals surface area contributed by atoms with E-state index in [1.165, 1.54) is 0 Å². The molecule has 30 heavy (non-hydrogen) atoms. The Bertz CT molecular complexity index is 1160. The van der Waals surface area contributed by atoms with Gasteiger partial charge in [0.25, 0.3) is 15.9 Å². The molecule has 1 aromatic heterocycles. The van der Waals surface area contributed by atoms with Gasteiger partial charge in [0.1, 0.15) is 0 Å². The van der Waals surface area contributed by atoms with Crippen LogP contribution >= 0.6 is 0 Å². The highest BCUT2D eigenvalue weighted by molar-refractivity contribution is 7.92. The lowest BCUT2D eigenvalue weighted by molar-refractivity contribution is 0.0952. The van der Waals surface area contributed by atoms with Crippen molar-refractivity contribution in [2.24, 2.45) is 0 Å². The lowest BCUT2D eigenvalue weighted by atomic mass is 10.0. The second-order valence-electron chi connectivity index (χ2n) is 7.28. The Morgan fingerprint density at radius 2 is 1.53 bits per heavy atom. The molecule has 0 fully saturated rings. The van der Waals surface area contributed by atoms with E-state index >= 15 is 0 Å². The highest BCUT2D eigenvalue weighted by atomic mass is 32.2. The Morgan fingerprint density at radius 3 is 2.17 bits per heavy atom. The molecule has 7 heteroatoms. The first-order valence-electron chi connectivity index (χ1n) is 9.57. The van der Waals surface area contributed by atoms with Crippen LogP contribution < -0.4 is 10.0 Å². The van der Waals surface area contributed by atoms with Crippen LogP contribution in [0.2, 0.25) is 0 Å². The first-order valence-corrected chi connectivity index (χ1v) is 11.1. The molecule has 0 aliphatic heterocycles. The molecule has 0 saturated carbocycles. The van der Waals surface area contributed by atoms with Crippen molar-refractivity contribution >= 4 is 21.6 Å². The molecule has 0 radical (unpaired) electrons. The predicted molar refractivity (Wildman–Crippen MR) is 118 cm³/mol.